The molecule has 0 saturated heterocycles. The molecule has 0 N–H and O–H groups in total. The molecule has 112 valence electrons. The van der Waals surface area contributed by atoms with Crippen molar-refractivity contribution in [3.8, 4) is 0 Å². The number of nitrogens with zero attached hydrogens (tertiary/aromatic N) is 1. The van der Waals surface area contributed by atoms with E-state index in [-0.39, 0.29) is 11.9 Å². The first kappa shape index (κ1) is 15.8. The first-order valence-corrected chi connectivity index (χ1v) is 9.24. The minimum atomic E-state index is -3.44. The van der Waals surface area contributed by atoms with Crippen molar-refractivity contribution < 1.29 is 8.42 Å². The Balaban J connectivity index is 2.35. The molecule has 0 bridgehead atoms. The Labute approximate surface area is 127 Å². The molecule has 0 aromatic heterocycles. The number of alkyl halides is 1. The molecule has 0 heterocycles. The largest absolute Gasteiger partial charge is 0.243 e. The van der Waals surface area contributed by atoms with Gasteiger partial charge in [-0.2, -0.15) is 4.31 Å². The predicted molar refractivity (Wildman–Crippen MR) is 82.4 cm³/mol. The third kappa shape index (κ3) is 3.18. The summed E-state index contributed by atoms with van der Waals surface area (Å²) in [7, 11) is -3.44. The van der Waals surface area contributed by atoms with Crippen LogP contribution in [0.3, 0.4) is 0 Å². The van der Waals surface area contributed by atoms with Crippen molar-refractivity contribution in [3.63, 3.8) is 0 Å². The Morgan fingerprint density at radius 3 is 2.45 bits per heavy atom. The summed E-state index contributed by atoms with van der Waals surface area (Å²) < 4.78 is 27.5. The molecule has 1 aromatic rings. The van der Waals surface area contributed by atoms with Crippen molar-refractivity contribution in [1.82, 2.24) is 4.31 Å². The zero-order chi connectivity index (χ0) is 14.6. The van der Waals surface area contributed by atoms with E-state index in [0.29, 0.717) is 17.0 Å². The second-order valence-corrected chi connectivity index (χ2v) is 7.37. The Kier molecular flexibility index (Phi) is 5.47. The maximum absolute atomic E-state index is 12.9. The van der Waals surface area contributed by atoms with E-state index in [1.807, 2.05) is 13.0 Å². The highest BCUT2D eigenvalue weighted by atomic mass is 35.5. The molecule has 5 heteroatoms. The van der Waals surface area contributed by atoms with Gasteiger partial charge in [-0.25, -0.2) is 8.42 Å². The van der Waals surface area contributed by atoms with Crippen LogP contribution in [0.4, 0.5) is 0 Å². The van der Waals surface area contributed by atoms with E-state index >= 15 is 0 Å². The lowest BCUT2D eigenvalue weighted by Gasteiger charge is -2.33. The summed E-state index contributed by atoms with van der Waals surface area (Å²) in [4.78, 5) is 0.363. The molecule has 1 fully saturated rings. The molecule has 1 aromatic carbocycles. The zero-order valence-electron chi connectivity index (χ0n) is 11.9. The SMILES string of the molecule is CCN(C1CCCCC1)S(=O)(=O)c1ccccc1CCl. The van der Waals surface area contributed by atoms with Crippen molar-refractivity contribution in [1.29, 1.82) is 0 Å². The lowest BCUT2D eigenvalue weighted by molar-refractivity contribution is 0.261. The van der Waals surface area contributed by atoms with Gasteiger partial charge < -0.3 is 0 Å². The van der Waals surface area contributed by atoms with Gasteiger partial charge in [0, 0.05) is 18.5 Å². The summed E-state index contributed by atoms with van der Waals surface area (Å²) in [5, 5.41) is 0. The highest BCUT2D eigenvalue weighted by Crippen LogP contribution is 2.29. The molecule has 0 unspecified atom stereocenters. The van der Waals surface area contributed by atoms with Crippen molar-refractivity contribution in [3.05, 3.63) is 29.8 Å². The highest BCUT2D eigenvalue weighted by molar-refractivity contribution is 7.89. The second-order valence-electron chi connectivity index (χ2n) is 5.24. The van der Waals surface area contributed by atoms with Crippen molar-refractivity contribution >= 4 is 21.6 Å². The summed E-state index contributed by atoms with van der Waals surface area (Å²) in [6.07, 6.45) is 5.39. The van der Waals surface area contributed by atoms with Gasteiger partial charge in [-0.05, 0) is 24.5 Å². The first-order valence-electron chi connectivity index (χ1n) is 7.27. The third-order valence-electron chi connectivity index (χ3n) is 4.00. The number of hydrogen-bond acceptors (Lipinski definition) is 2. The molecule has 1 aliphatic carbocycles. The molecule has 1 aliphatic rings. The van der Waals surface area contributed by atoms with Crippen LogP contribution in [-0.4, -0.2) is 25.3 Å². The van der Waals surface area contributed by atoms with Crippen LogP contribution in [0.25, 0.3) is 0 Å². The number of hydrogen-bond donors (Lipinski definition) is 0. The minimum absolute atomic E-state index is 0.141. The summed E-state index contributed by atoms with van der Waals surface area (Å²) in [6, 6.07) is 7.18. The maximum atomic E-state index is 12.9. The molecule has 2 rings (SSSR count). The molecule has 20 heavy (non-hydrogen) atoms. The Bertz CT molecular complexity index is 539. The quantitative estimate of drug-likeness (QED) is 0.776. The lowest BCUT2D eigenvalue weighted by atomic mass is 9.95. The summed E-state index contributed by atoms with van der Waals surface area (Å²) >= 11 is 5.89. The van der Waals surface area contributed by atoms with E-state index in [2.05, 4.69) is 0 Å². The fourth-order valence-corrected chi connectivity index (χ4v) is 5.22. The van der Waals surface area contributed by atoms with Crippen molar-refractivity contribution in [2.75, 3.05) is 6.54 Å². The van der Waals surface area contributed by atoms with Gasteiger partial charge in [0.05, 0.1) is 4.90 Å². The van der Waals surface area contributed by atoms with Crippen LogP contribution in [0.15, 0.2) is 29.2 Å². The zero-order valence-corrected chi connectivity index (χ0v) is 13.5. The van der Waals surface area contributed by atoms with Crippen molar-refractivity contribution in [2.45, 2.75) is 55.8 Å². The second kappa shape index (κ2) is 6.92. The lowest BCUT2D eigenvalue weighted by Crippen LogP contribution is -2.41. The maximum Gasteiger partial charge on any atom is 0.243 e. The topological polar surface area (TPSA) is 37.4 Å². The van der Waals surface area contributed by atoms with Gasteiger partial charge >= 0.3 is 0 Å². The monoisotopic (exact) mass is 315 g/mol. The average Bonchev–Trinajstić information content (AvgIpc) is 2.48. The van der Waals surface area contributed by atoms with E-state index in [9.17, 15) is 8.42 Å². The summed E-state index contributed by atoms with van der Waals surface area (Å²) in [5.74, 6) is 0.220. The number of halogens is 1. The standard InChI is InChI=1S/C15H22ClNO2S/c1-2-17(14-9-4-3-5-10-14)20(18,19)15-11-7-6-8-13(15)12-16/h6-8,11,14H,2-5,9-10,12H2,1H3. The normalized spacial score (nSPS) is 17.6. The fraction of sp³-hybridized carbons (Fsp3) is 0.600. The highest BCUT2D eigenvalue weighted by Gasteiger charge is 2.32. The summed E-state index contributed by atoms with van der Waals surface area (Å²) in [6.45, 7) is 2.43. The van der Waals surface area contributed by atoms with Crippen LogP contribution in [0, 0.1) is 0 Å². The molecule has 0 amide bonds. The van der Waals surface area contributed by atoms with E-state index in [0.717, 1.165) is 25.7 Å². The van der Waals surface area contributed by atoms with Crippen LogP contribution < -0.4 is 0 Å². The van der Waals surface area contributed by atoms with Crippen LogP contribution in [0.1, 0.15) is 44.6 Å². The molecule has 3 nitrogen and oxygen atoms in total. The van der Waals surface area contributed by atoms with Gasteiger partial charge in [0.15, 0.2) is 0 Å². The molecule has 1 saturated carbocycles. The Morgan fingerprint density at radius 1 is 1.20 bits per heavy atom. The van der Waals surface area contributed by atoms with Gasteiger partial charge in [0.25, 0.3) is 0 Å². The molecular weight excluding hydrogens is 294 g/mol. The van der Waals surface area contributed by atoms with Crippen LogP contribution in [-0.2, 0) is 15.9 Å². The third-order valence-corrected chi connectivity index (χ3v) is 6.41. The molecule has 0 spiro atoms. The minimum Gasteiger partial charge on any atom is -0.207 e. The first-order chi connectivity index (χ1) is 9.61. The Morgan fingerprint density at radius 2 is 1.85 bits per heavy atom. The molecule has 0 radical (unpaired) electrons. The smallest absolute Gasteiger partial charge is 0.207 e. The predicted octanol–water partition coefficient (Wildman–Crippen LogP) is 3.77. The van der Waals surface area contributed by atoms with Gasteiger partial charge in [-0.3, -0.25) is 0 Å². The fourth-order valence-electron chi connectivity index (χ4n) is 2.99. The van der Waals surface area contributed by atoms with Crippen LogP contribution >= 0.6 is 11.6 Å². The summed E-state index contributed by atoms with van der Waals surface area (Å²) in [5.41, 5.74) is 0.684. The molecule has 0 atom stereocenters. The van der Waals surface area contributed by atoms with E-state index in [4.69, 9.17) is 11.6 Å². The van der Waals surface area contributed by atoms with E-state index in [1.165, 1.54) is 6.42 Å². The van der Waals surface area contributed by atoms with E-state index in [1.54, 1.807) is 22.5 Å². The van der Waals surface area contributed by atoms with Crippen LogP contribution in [0.2, 0.25) is 0 Å². The average molecular weight is 316 g/mol. The number of sulfonamides is 1. The Hall–Kier alpha value is -0.580. The van der Waals surface area contributed by atoms with Gasteiger partial charge in [-0.1, -0.05) is 44.4 Å². The van der Waals surface area contributed by atoms with E-state index < -0.39 is 10.0 Å². The number of benzene rings is 1. The van der Waals surface area contributed by atoms with Gasteiger partial charge in [-0.15, -0.1) is 11.6 Å². The van der Waals surface area contributed by atoms with Gasteiger partial charge in [0.1, 0.15) is 0 Å². The molecular formula is C15H22ClNO2S. The number of rotatable bonds is 5. The van der Waals surface area contributed by atoms with Crippen molar-refractivity contribution in [2.24, 2.45) is 0 Å². The van der Waals surface area contributed by atoms with Gasteiger partial charge in [0.2, 0.25) is 10.0 Å². The molecule has 0 aliphatic heterocycles. The van der Waals surface area contributed by atoms with Crippen LogP contribution in [0.5, 0.6) is 0 Å².